The van der Waals surface area contributed by atoms with E-state index in [2.05, 4.69) is 10.3 Å². The summed E-state index contributed by atoms with van der Waals surface area (Å²) in [7, 11) is 0. The van der Waals surface area contributed by atoms with Gasteiger partial charge in [0.2, 0.25) is 5.95 Å². The van der Waals surface area contributed by atoms with E-state index in [0.717, 1.165) is 11.8 Å². The van der Waals surface area contributed by atoms with E-state index >= 15 is 0 Å². The largest absolute Gasteiger partial charge is 0.435 e. The van der Waals surface area contributed by atoms with Crippen LogP contribution in [0.4, 0.5) is 17.6 Å². The molecule has 0 N–H and O–H groups in total. The predicted octanol–water partition coefficient (Wildman–Crippen LogP) is 4.63. The average Bonchev–Trinajstić information content (AvgIpc) is 3.05. The molecule has 0 unspecified atom stereocenters. The van der Waals surface area contributed by atoms with Gasteiger partial charge in [-0.25, -0.2) is 4.68 Å². The van der Waals surface area contributed by atoms with Gasteiger partial charge in [-0.1, -0.05) is 37.2 Å². The van der Waals surface area contributed by atoms with Crippen LogP contribution in [0.3, 0.4) is 0 Å². The normalized spacial score (nSPS) is 16.6. The zero-order chi connectivity index (χ0) is 18.2. The first kappa shape index (κ1) is 17.8. The van der Waals surface area contributed by atoms with Crippen LogP contribution in [-0.4, -0.2) is 21.4 Å². The number of aromatic nitrogens is 2. The summed E-state index contributed by atoms with van der Waals surface area (Å²) in [4.78, 5) is 4.99. The summed E-state index contributed by atoms with van der Waals surface area (Å²) in [6, 6.07) is 7.87. The first-order valence-corrected chi connectivity index (χ1v) is 8.42. The number of nitrogens with zero attached hydrogens (tertiary/aromatic N) is 3. The Bertz CT molecular complexity index is 800. The molecule has 3 rings (SSSR count). The molecule has 0 aliphatic carbocycles. The molecule has 4 nitrogen and oxygen atoms in total. The number of thioether (sulfide) groups is 1. The minimum Gasteiger partial charge on any atom is -0.394 e. The van der Waals surface area contributed by atoms with Crippen molar-refractivity contribution in [3.63, 3.8) is 0 Å². The predicted molar refractivity (Wildman–Crippen MR) is 87.0 cm³/mol. The van der Waals surface area contributed by atoms with Gasteiger partial charge in [0.25, 0.3) is 0 Å². The van der Waals surface area contributed by atoms with E-state index in [1.165, 1.54) is 12.1 Å². The molecule has 1 aliphatic rings. The van der Waals surface area contributed by atoms with E-state index in [0.29, 0.717) is 16.3 Å². The third kappa shape index (κ3) is 3.51. The second-order valence-corrected chi connectivity index (χ2v) is 7.17. The molecule has 0 saturated carbocycles. The SMILES string of the molecule is CC1(C)CON=C1SCc1c(C(F)(F)F)nn(-c2ccccc2)c1F. The summed E-state index contributed by atoms with van der Waals surface area (Å²) < 4.78 is 55.3. The molecular formula is C16H15F4N3OS. The van der Waals surface area contributed by atoms with Crippen molar-refractivity contribution in [2.45, 2.75) is 25.8 Å². The quantitative estimate of drug-likeness (QED) is 0.736. The fourth-order valence-corrected chi connectivity index (χ4v) is 3.42. The molecule has 1 aromatic heterocycles. The van der Waals surface area contributed by atoms with Gasteiger partial charge in [-0.3, -0.25) is 0 Å². The first-order chi connectivity index (χ1) is 11.7. The van der Waals surface area contributed by atoms with Crippen LogP contribution in [0.5, 0.6) is 0 Å². The molecule has 25 heavy (non-hydrogen) atoms. The Hall–Kier alpha value is -2.03. The van der Waals surface area contributed by atoms with Crippen molar-refractivity contribution >= 4 is 16.8 Å². The number of hydrogen-bond donors (Lipinski definition) is 0. The Morgan fingerprint density at radius 3 is 2.48 bits per heavy atom. The Kier molecular flexibility index (Phi) is 4.52. The van der Waals surface area contributed by atoms with Gasteiger partial charge in [-0.15, -0.1) is 11.8 Å². The monoisotopic (exact) mass is 373 g/mol. The number of alkyl halides is 3. The number of oxime groups is 1. The van der Waals surface area contributed by atoms with Crippen LogP contribution in [0, 0.1) is 11.4 Å². The number of benzene rings is 1. The van der Waals surface area contributed by atoms with E-state index in [1.54, 1.807) is 18.2 Å². The first-order valence-electron chi connectivity index (χ1n) is 7.43. The van der Waals surface area contributed by atoms with Gasteiger partial charge in [0, 0.05) is 5.75 Å². The van der Waals surface area contributed by atoms with Gasteiger partial charge < -0.3 is 4.84 Å². The zero-order valence-corrected chi connectivity index (χ0v) is 14.3. The molecule has 0 bridgehead atoms. The average molecular weight is 373 g/mol. The highest BCUT2D eigenvalue weighted by Gasteiger charge is 2.40. The topological polar surface area (TPSA) is 39.4 Å². The Morgan fingerprint density at radius 1 is 1.24 bits per heavy atom. The Morgan fingerprint density at radius 2 is 1.92 bits per heavy atom. The molecule has 1 aromatic carbocycles. The van der Waals surface area contributed by atoms with Crippen molar-refractivity contribution < 1.29 is 22.4 Å². The van der Waals surface area contributed by atoms with E-state index in [1.807, 2.05) is 13.8 Å². The standard InChI is InChI=1S/C16H15F4N3OS/c1-15(2)9-24-22-14(15)25-8-11-12(16(18,19)20)21-23(13(11)17)10-6-4-3-5-7-10/h3-7H,8-9H2,1-2H3. The van der Waals surface area contributed by atoms with Crippen molar-refractivity contribution in [3.8, 4) is 5.69 Å². The lowest BCUT2D eigenvalue weighted by Crippen LogP contribution is -2.21. The summed E-state index contributed by atoms with van der Waals surface area (Å²) in [5, 5.41) is 7.84. The molecule has 0 amide bonds. The Labute approximate surface area is 145 Å². The highest BCUT2D eigenvalue weighted by atomic mass is 32.2. The van der Waals surface area contributed by atoms with Gasteiger partial charge in [0.05, 0.1) is 16.7 Å². The molecular weight excluding hydrogens is 358 g/mol. The third-order valence-corrected chi connectivity index (χ3v) is 5.03. The summed E-state index contributed by atoms with van der Waals surface area (Å²) in [5.74, 6) is -1.26. The van der Waals surface area contributed by atoms with E-state index in [9.17, 15) is 17.6 Å². The Balaban J connectivity index is 1.96. The smallest absolute Gasteiger partial charge is 0.394 e. The summed E-state index contributed by atoms with van der Waals surface area (Å²) in [6.45, 7) is 4.06. The highest BCUT2D eigenvalue weighted by Crippen LogP contribution is 2.38. The number of rotatable bonds is 3. The minimum absolute atomic E-state index is 0.226. The van der Waals surface area contributed by atoms with E-state index < -0.39 is 28.8 Å². The molecule has 1 aliphatic heterocycles. The van der Waals surface area contributed by atoms with Crippen molar-refractivity contribution in [3.05, 3.63) is 47.5 Å². The maximum atomic E-state index is 14.7. The van der Waals surface area contributed by atoms with Crippen LogP contribution in [-0.2, 0) is 16.8 Å². The van der Waals surface area contributed by atoms with Crippen molar-refractivity contribution in [1.29, 1.82) is 0 Å². The molecule has 0 atom stereocenters. The molecule has 0 saturated heterocycles. The molecule has 2 heterocycles. The van der Waals surface area contributed by atoms with Crippen LogP contribution in [0.2, 0.25) is 0 Å². The van der Waals surface area contributed by atoms with Gasteiger partial charge in [-0.05, 0) is 12.1 Å². The van der Waals surface area contributed by atoms with Crippen molar-refractivity contribution in [2.75, 3.05) is 6.61 Å². The summed E-state index contributed by atoms with van der Waals surface area (Å²) in [5.41, 5.74) is -1.90. The van der Waals surface area contributed by atoms with E-state index in [-0.39, 0.29) is 11.4 Å². The number of para-hydroxylation sites is 1. The molecule has 2 aromatic rings. The lowest BCUT2D eigenvalue weighted by molar-refractivity contribution is -0.141. The summed E-state index contributed by atoms with van der Waals surface area (Å²) >= 11 is 1.03. The molecule has 0 spiro atoms. The van der Waals surface area contributed by atoms with Gasteiger partial charge in [-0.2, -0.15) is 22.7 Å². The number of halogens is 4. The highest BCUT2D eigenvalue weighted by molar-refractivity contribution is 8.13. The lowest BCUT2D eigenvalue weighted by atomic mass is 9.97. The van der Waals surface area contributed by atoms with Crippen LogP contribution >= 0.6 is 11.8 Å². The molecule has 9 heteroatoms. The maximum absolute atomic E-state index is 14.7. The van der Waals surface area contributed by atoms with Crippen LogP contribution in [0.1, 0.15) is 25.1 Å². The van der Waals surface area contributed by atoms with Gasteiger partial charge >= 0.3 is 6.18 Å². The molecule has 0 radical (unpaired) electrons. The molecule has 0 fully saturated rings. The fourth-order valence-electron chi connectivity index (χ4n) is 2.33. The van der Waals surface area contributed by atoms with Crippen LogP contribution in [0.25, 0.3) is 5.69 Å². The number of hydrogen-bond acceptors (Lipinski definition) is 4. The van der Waals surface area contributed by atoms with Crippen LogP contribution < -0.4 is 0 Å². The van der Waals surface area contributed by atoms with E-state index in [4.69, 9.17) is 4.84 Å². The molecule has 134 valence electrons. The van der Waals surface area contributed by atoms with Gasteiger partial charge in [0.15, 0.2) is 5.69 Å². The third-order valence-electron chi connectivity index (χ3n) is 3.70. The summed E-state index contributed by atoms with van der Waals surface area (Å²) in [6.07, 6.45) is -4.75. The second kappa shape index (κ2) is 6.36. The van der Waals surface area contributed by atoms with Gasteiger partial charge in [0.1, 0.15) is 11.7 Å². The second-order valence-electron chi connectivity index (χ2n) is 6.21. The van der Waals surface area contributed by atoms with Crippen molar-refractivity contribution in [2.24, 2.45) is 10.6 Å². The zero-order valence-electron chi connectivity index (χ0n) is 13.5. The van der Waals surface area contributed by atoms with Crippen LogP contribution in [0.15, 0.2) is 35.5 Å². The maximum Gasteiger partial charge on any atom is 0.435 e. The minimum atomic E-state index is -4.75. The lowest BCUT2D eigenvalue weighted by Gasteiger charge is -2.15. The fraction of sp³-hybridized carbons (Fsp3) is 0.375. The van der Waals surface area contributed by atoms with Crippen molar-refractivity contribution in [1.82, 2.24) is 9.78 Å².